The summed E-state index contributed by atoms with van der Waals surface area (Å²) in [5.41, 5.74) is 0.644. The molecule has 33 heavy (non-hydrogen) atoms. The molecule has 0 aliphatic heterocycles. The summed E-state index contributed by atoms with van der Waals surface area (Å²) in [4.78, 5) is 56.9. The van der Waals surface area contributed by atoms with Crippen molar-refractivity contribution in [3.8, 4) is 0 Å². The van der Waals surface area contributed by atoms with Gasteiger partial charge in [0.2, 0.25) is 0 Å². The number of urea groups is 2. The van der Waals surface area contributed by atoms with Crippen molar-refractivity contribution in [3.05, 3.63) is 23.9 Å². The first kappa shape index (κ1) is 29.4. The van der Waals surface area contributed by atoms with E-state index in [2.05, 4.69) is 21.3 Å². The number of hydrogen-bond acceptors (Lipinski definition) is 5. The maximum absolute atomic E-state index is 11.9. The van der Waals surface area contributed by atoms with Crippen molar-refractivity contribution < 1.29 is 39.3 Å². The molecular formula is C21H34N4O8. The zero-order valence-electron chi connectivity index (χ0n) is 19.1. The molecule has 0 spiro atoms. The van der Waals surface area contributed by atoms with Gasteiger partial charge >= 0.3 is 30.0 Å². The van der Waals surface area contributed by atoms with Gasteiger partial charge in [0.25, 0.3) is 0 Å². The number of aliphatic carboxylic acids is 3. The zero-order valence-corrected chi connectivity index (χ0v) is 19.1. The van der Waals surface area contributed by atoms with Crippen LogP contribution in [0.3, 0.4) is 0 Å². The second kappa shape index (κ2) is 16.1. The van der Waals surface area contributed by atoms with Crippen LogP contribution in [0.4, 0.5) is 9.59 Å². The Kier molecular flexibility index (Phi) is 14.4. The molecule has 2 unspecified atom stereocenters. The van der Waals surface area contributed by atoms with Crippen LogP contribution in [-0.2, 0) is 14.4 Å². The Labute approximate surface area is 192 Å². The average molecular weight is 471 g/mol. The predicted octanol–water partition coefficient (Wildman–Crippen LogP) is 1.64. The normalized spacial score (nSPS) is 13.3. The molecule has 12 nitrogen and oxygen atoms in total. The van der Waals surface area contributed by atoms with Crippen LogP contribution in [0.5, 0.6) is 0 Å². The van der Waals surface area contributed by atoms with Crippen molar-refractivity contribution in [1.29, 1.82) is 0 Å². The number of amides is 4. The van der Waals surface area contributed by atoms with Crippen LogP contribution in [0.25, 0.3) is 0 Å². The Morgan fingerprint density at radius 3 is 1.91 bits per heavy atom. The number of hydrogen-bond donors (Lipinski definition) is 7. The Hall–Kier alpha value is -3.57. The van der Waals surface area contributed by atoms with Gasteiger partial charge in [0.1, 0.15) is 12.1 Å². The number of allylic oxidation sites excluding steroid dienone is 3. The fraction of sp³-hybridized carbons (Fsp3) is 0.571. The van der Waals surface area contributed by atoms with Crippen molar-refractivity contribution in [2.45, 2.75) is 65.0 Å². The number of nitrogens with one attached hydrogen (secondary N) is 4. The lowest BCUT2D eigenvalue weighted by Crippen LogP contribution is -2.51. The summed E-state index contributed by atoms with van der Waals surface area (Å²) in [6.07, 6.45) is 5.55. The number of carboxylic acids is 3. The smallest absolute Gasteiger partial charge is 0.326 e. The van der Waals surface area contributed by atoms with Gasteiger partial charge in [-0.2, -0.15) is 0 Å². The molecule has 0 aliphatic rings. The molecule has 12 heteroatoms. The van der Waals surface area contributed by atoms with Gasteiger partial charge in [-0.05, 0) is 44.6 Å². The molecule has 0 rings (SSSR count). The lowest BCUT2D eigenvalue weighted by Gasteiger charge is -2.18. The Bertz CT molecular complexity index is 749. The quantitative estimate of drug-likeness (QED) is 0.138. The monoisotopic (exact) mass is 470 g/mol. The molecule has 0 saturated heterocycles. The summed E-state index contributed by atoms with van der Waals surface area (Å²) in [7, 11) is 0. The third-order valence-electron chi connectivity index (χ3n) is 4.29. The molecule has 4 amide bonds. The molecule has 0 bridgehead atoms. The summed E-state index contributed by atoms with van der Waals surface area (Å²) in [6.45, 7) is 6.10. The molecule has 0 aliphatic carbocycles. The first-order chi connectivity index (χ1) is 15.5. The van der Waals surface area contributed by atoms with Crippen molar-refractivity contribution >= 4 is 30.0 Å². The van der Waals surface area contributed by atoms with E-state index in [1.165, 1.54) is 0 Å². The maximum atomic E-state index is 11.9. The summed E-state index contributed by atoms with van der Waals surface area (Å²) in [6, 6.07) is -4.16. The van der Waals surface area contributed by atoms with E-state index in [9.17, 15) is 29.1 Å². The Morgan fingerprint density at radius 1 is 0.848 bits per heavy atom. The van der Waals surface area contributed by atoms with Gasteiger partial charge in [-0.25, -0.2) is 19.2 Å². The number of unbranched alkanes of at least 4 members (excludes halogenated alkanes) is 1. The van der Waals surface area contributed by atoms with Gasteiger partial charge in [0.05, 0.1) is 0 Å². The lowest BCUT2D eigenvalue weighted by molar-refractivity contribution is -0.140. The standard InChI is InChI=1S/C21H34N4O8/c1-4-14(9-8-13(2)3)23-20(32)22-12-6-5-7-15(18(28)29)24-21(33)25-16(19(30)31)10-11-17(26)27/h4,8-9,13,15-16H,5-7,10-12H2,1-3H3,(H,26,27)(H,28,29)(H,30,31)(H2,22,23,32)(H2,24,25,33)/b9-8-,14-4+. The highest BCUT2D eigenvalue weighted by Crippen LogP contribution is 2.03. The molecular weight excluding hydrogens is 436 g/mol. The first-order valence-electron chi connectivity index (χ1n) is 10.6. The highest BCUT2D eigenvalue weighted by molar-refractivity contribution is 5.86. The second-order valence-electron chi connectivity index (χ2n) is 7.56. The molecule has 0 aromatic heterocycles. The number of rotatable bonds is 15. The van der Waals surface area contributed by atoms with E-state index in [0.717, 1.165) is 0 Å². The predicted molar refractivity (Wildman–Crippen MR) is 120 cm³/mol. The van der Waals surface area contributed by atoms with Crippen molar-refractivity contribution in [1.82, 2.24) is 21.3 Å². The van der Waals surface area contributed by atoms with Gasteiger partial charge in [0.15, 0.2) is 0 Å². The minimum Gasteiger partial charge on any atom is -0.481 e. The fourth-order valence-electron chi connectivity index (χ4n) is 2.50. The lowest BCUT2D eigenvalue weighted by atomic mass is 10.1. The zero-order chi connectivity index (χ0) is 25.4. The Morgan fingerprint density at radius 2 is 1.42 bits per heavy atom. The van der Waals surface area contributed by atoms with Crippen molar-refractivity contribution in [3.63, 3.8) is 0 Å². The van der Waals surface area contributed by atoms with Gasteiger partial charge in [-0.1, -0.05) is 26.0 Å². The topological polar surface area (TPSA) is 194 Å². The van der Waals surface area contributed by atoms with E-state index >= 15 is 0 Å². The molecule has 0 radical (unpaired) electrons. The molecule has 0 fully saturated rings. The van der Waals surface area contributed by atoms with E-state index in [1.54, 1.807) is 19.1 Å². The second-order valence-corrected chi connectivity index (χ2v) is 7.56. The van der Waals surface area contributed by atoms with Gasteiger partial charge in [0, 0.05) is 18.7 Å². The molecule has 7 N–H and O–H groups in total. The minimum absolute atomic E-state index is 0.0517. The largest absolute Gasteiger partial charge is 0.481 e. The molecule has 0 aromatic rings. The molecule has 186 valence electrons. The van der Waals surface area contributed by atoms with Crippen molar-refractivity contribution in [2.75, 3.05) is 6.54 Å². The van der Waals surface area contributed by atoms with Gasteiger partial charge < -0.3 is 36.6 Å². The molecule has 0 heterocycles. The third-order valence-corrected chi connectivity index (χ3v) is 4.29. The number of carboxylic acid groups (broad SMARTS) is 3. The average Bonchev–Trinajstić information content (AvgIpc) is 2.72. The highest BCUT2D eigenvalue weighted by atomic mass is 16.4. The van der Waals surface area contributed by atoms with Crippen LogP contribution in [0, 0.1) is 5.92 Å². The van der Waals surface area contributed by atoms with Gasteiger partial charge in [-0.3, -0.25) is 4.79 Å². The summed E-state index contributed by atoms with van der Waals surface area (Å²) in [5, 5.41) is 36.5. The van der Waals surface area contributed by atoms with Crippen LogP contribution in [0.15, 0.2) is 23.9 Å². The van der Waals surface area contributed by atoms with E-state index in [4.69, 9.17) is 10.2 Å². The van der Waals surface area contributed by atoms with E-state index < -0.39 is 48.5 Å². The maximum Gasteiger partial charge on any atom is 0.326 e. The van der Waals surface area contributed by atoms with Gasteiger partial charge in [-0.15, -0.1) is 0 Å². The van der Waals surface area contributed by atoms with Crippen LogP contribution in [-0.4, -0.2) is 63.9 Å². The SMILES string of the molecule is C/C=C(\C=C/C(C)C)NC(=O)NCCCCC(NC(=O)NC(CCC(=O)O)C(=O)O)C(=O)O. The van der Waals surface area contributed by atoms with E-state index in [0.29, 0.717) is 24.5 Å². The van der Waals surface area contributed by atoms with Crippen LogP contribution in [0.2, 0.25) is 0 Å². The molecule has 0 saturated carbocycles. The molecule has 0 aromatic carbocycles. The first-order valence-corrected chi connectivity index (χ1v) is 10.6. The molecule has 2 atom stereocenters. The minimum atomic E-state index is -1.46. The van der Waals surface area contributed by atoms with Crippen molar-refractivity contribution in [2.24, 2.45) is 5.92 Å². The fourth-order valence-corrected chi connectivity index (χ4v) is 2.50. The van der Waals surface area contributed by atoms with E-state index in [-0.39, 0.29) is 19.4 Å². The number of carbonyl (C=O) groups excluding carboxylic acids is 2. The summed E-state index contributed by atoms with van der Waals surface area (Å²) in [5.74, 6) is -3.61. The van der Waals surface area contributed by atoms with Crippen LogP contribution in [0.1, 0.15) is 52.9 Å². The highest BCUT2D eigenvalue weighted by Gasteiger charge is 2.24. The van der Waals surface area contributed by atoms with Crippen LogP contribution < -0.4 is 21.3 Å². The summed E-state index contributed by atoms with van der Waals surface area (Å²) < 4.78 is 0. The van der Waals surface area contributed by atoms with E-state index in [1.807, 2.05) is 19.9 Å². The van der Waals surface area contributed by atoms with Crippen LogP contribution >= 0.6 is 0 Å². The summed E-state index contributed by atoms with van der Waals surface area (Å²) >= 11 is 0. The Balaban J connectivity index is 4.44. The third kappa shape index (κ3) is 15.0. The number of carbonyl (C=O) groups is 5.